The summed E-state index contributed by atoms with van der Waals surface area (Å²) in [6, 6.07) is 9.80. The van der Waals surface area contributed by atoms with Crippen LogP contribution >= 0.6 is 0 Å². The Morgan fingerprint density at radius 3 is 2.95 bits per heavy atom. The monoisotopic (exact) mass is 270 g/mol. The lowest BCUT2D eigenvalue weighted by Gasteiger charge is -2.28. The Labute approximate surface area is 115 Å². The minimum Gasteiger partial charge on any atom is -0.351 e. The molecule has 2 aromatic rings. The summed E-state index contributed by atoms with van der Waals surface area (Å²) in [4.78, 5) is 17.4. The summed E-state index contributed by atoms with van der Waals surface area (Å²) in [5, 5.41) is 15.1. The second-order valence-corrected chi connectivity index (χ2v) is 5.45. The van der Waals surface area contributed by atoms with Gasteiger partial charge < -0.3 is 10.2 Å². The highest BCUT2D eigenvalue weighted by Gasteiger charge is 2.38. The van der Waals surface area contributed by atoms with Crippen molar-refractivity contribution in [3.63, 3.8) is 0 Å². The zero-order valence-electron chi connectivity index (χ0n) is 10.8. The molecule has 2 aliphatic rings. The largest absolute Gasteiger partial charge is 0.351 e. The van der Waals surface area contributed by atoms with Crippen LogP contribution < -0.4 is 10.2 Å². The van der Waals surface area contributed by atoms with Crippen molar-refractivity contribution in [1.82, 2.24) is 10.3 Å². The van der Waals surface area contributed by atoms with Gasteiger partial charge in [0.15, 0.2) is 0 Å². The molecule has 6 nitrogen and oxygen atoms in total. The number of piperazine rings is 1. The number of nitrogens with zero attached hydrogens (tertiary/aromatic N) is 3. The molecule has 0 aliphatic carbocycles. The Hall–Kier alpha value is -2.21. The van der Waals surface area contributed by atoms with Crippen molar-refractivity contribution < 1.29 is 4.92 Å². The zero-order chi connectivity index (χ0) is 13.7. The minimum atomic E-state index is -0.377. The van der Waals surface area contributed by atoms with E-state index in [0.29, 0.717) is 12.1 Å². The molecule has 1 N–H and O–H groups in total. The molecule has 3 heterocycles. The summed E-state index contributed by atoms with van der Waals surface area (Å²) >= 11 is 0. The maximum absolute atomic E-state index is 10.8. The van der Waals surface area contributed by atoms with Crippen molar-refractivity contribution in [2.45, 2.75) is 18.5 Å². The van der Waals surface area contributed by atoms with Gasteiger partial charge in [0.25, 0.3) is 5.69 Å². The fraction of sp³-hybridized carbons (Fsp3) is 0.357. The van der Waals surface area contributed by atoms with Gasteiger partial charge in [0.2, 0.25) is 0 Å². The molecule has 2 saturated heterocycles. The van der Waals surface area contributed by atoms with Gasteiger partial charge in [-0.2, -0.15) is 0 Å². The molecule has 20 heavy (non-hydrogen) atoms. The number of anilines is 1. The van der Waals surface area contributed by atoms with Crippen LogP contribution in [-0.4, -0.2) is 35.1 Å². The fourth-order valence-electron chi connectivity index (χ4n) is 3.22. The molecule has 2 atom stereocenters. The van der Waals surface area contributed by atoms with E-state index in [2.05, 4.69) is 15.2 Å². The average Bonchev–Trinajstić information content (AvgIpc) is 3.08. The van der Waals surface area contributed by atoms with Gasteiger partial charge in [-0.05, 0) is 24.6 Å². The smallest absolute Gasteiger partial charge is 0.270 e. The molecular weight excluding hydrogens is 256 g/mol. The fourth-order valence-corrected chi connectivity index (χ4v) is 3.22. The Kier molecular flexibility index (Phi) is 2.40. The molecule has 0 saturated carbocycles. The number of nitro benzene ring substituents is 1. The topological polar surface area (TPSA) is 71.3 Å². The Morgan fingerprint density at radius 2 is 2.25 bits per heavy atom. The number of fused-ring (bicyclic) bond motifs is 3. The van der Waals surface area contributed by atoms with Crippen LogP contribution in [0.5, 0.6) is 0 Å². The van der Waals surface area contributed by atoms with E-state index < -0.39 is 0 Å². The number of hydrogen-bond donors (Lipinski definition) is 1. The van der Waals surface area contributed by atoms with Gasteiger partial charge in [0, 0.05) is 42.7 Å². The first-order chi connectivity index (χ1) is 9.70. The molecule has 2 fully saturated rings. The third kappa shape index (κ3) is 1.72. The van der Waals surface area contributed by atoms with Crippen molar-refractivity contribution in [3.8, 4) is 0 Å². The van der Waals surface area contributed by atoms with Crippen LogP contribution in [0, 0.1) is 10.1 Å². The number of non-ortho nitro benzene ring substituents is 1. The van der Waals surface area contributed by atoms with Crippen LogP contribution in [0.15, 0.2) is 30.3 Å². The number of nitro groups is 1. The van der Waals surface area contributed by atoms with Crippen LogP contribution in [0.3, 0.4) is 0 Å². The van der Waals surface area contributed by atoms with Gasteiger partial charge in [-0.3, -0.25) is 10.1 Å². The Bertz CT molecular complexity index is 703. The SMILES string of the molecule is O=[N+]([O-])c1ccc2nc(N3CC4CC3CN4)ccc2c1. The molecule has 102 valence electrons. The molecule has 1 aromatic heterocycles. The van der Waals surface area contributed by atoms with Crippen molar-refractivity contribution in [2.75, 3.05) is 18.0 Å². The molecule has 2 unspecified atom stereocenters. The first kappa shape index (κ1) is 11.6. The van der Waals surface area contributed by atoms with Crippen molar-refractivity contribution in [2.24, 2.45) is 0 Å². The second-order valence-electron chi connectivity index (χ2n) is 5.45. The molecule has 0 radical (unpaired) electrons. The number of nitrogens with one attached hydrogen (secondary N) is 1. The number of benzene rings is 1. The van der Waals surface area contributed by atoms with Gasteiger partial charge in [0.05, 0.1) is 10.4 Å². The quantitative estimate of drug-likeness (QED) is 0.664. The summed E-state index contributed by atoms with van der Waals surface area (Å²) < 4.78 is 0. The van der Waals surface area contributed by atoms with E-state index in [-0.39, 0.29) is 10.6 Å². The van der Waals surface area contributed by atoms with E-state index in [0.717, 1.165) is 29.8 Å². The van der Waals surface area contributed by atoms with Crippen molar-refractivity contribution in [1.29, 1.82) is 0 Å². The van der Waals surface area contributed by atoms with Crippen LogP contribution in [0.4, 0.5) is 11.5 Å². The van der Waals surface area contributed by atoms with E-state index in [1.165, 1.54) is 12.5 Å². The first-order valence-corrected chi connectivity index (χ1v) is 6.76. The predicted octanol–water partition coefficient (Wildman–Crippen LogP) is 1.69. The molecule has 2 bridgehead atoms. The molecule has 0 spiro atoms. The highest BCUT2D eigenvalue weighted by Crippen LogP contribution is 2.30. The van der Waals surface area contributed by atoms with Crippen molar-refractivity contribution >= 4 is 22.4 Å². The van der Waals surface area contributed by atoms with Crippen molar-refractivity contribution in [3.05, 3.63) is 40.4 Å². The van der Waals surface area contributed by atoms with E-state index in [9.17, 15) is 10.1 Å². The standard InChI is InChI=1S/C14H14N4O2/c19-18(20)11-2-3-13-9(5-11)1-4-14(16-13)17-8-10-6-12(17)7-15-10/h1-5,10,12,15H,6-8H2. The zero-order valence-corrected chi connectivity index (χ0v) is 10.8. The molecule has 1 aromatic carbocycles. The van der Waals surface area contributed by atoms with Gasteiger partial charge in [0.1, 0.15) is 5.82 Å². The number of hydrogen-bond acceptors (Lipinski definition) is 5. The minimum absolute atomic E-state index is 0.108. The number of rotatable bonds is 2. The van der Waals surface area contributed by atoms with Gasteiger partial charge >= 0.3 is 0 Å². The lowest BCUT2D eigenvalue weighted by Crippen LogP contribution is -2.43. The predicted molar refractivity (Wildman–Crippen MR) is 75.9 cm³/mol. The lowest BCUT2D eigenvalue weighted by molar-refractivity contribution is -0.384. The lowest BCUT2D eigenvalue weighted by atomic mass is 10.2. The van der Waals surface area contributed by atoms with Gasteiger partial charge in [-0.15, -0.1) is 0 Å². The van der Waals surface area contributed by atoms with Crippen LogP contribution in [0.25, 0.3) is 10.9 Å². The Balaban J connectivity index is 1.72. The maximum atomic E-state index is 10.8. The number of pyridine rings is 1. The summed E-state index contributed by atoms with van der Waals surface area (Å²) in [6.45, 7) is 2.01. The van der Waals surface area contributed by atoms with Gasteiger partial charge in [-0.25, -0.2) is 4.98 Å². The third-order valence-electron chi connectivity index (χ3n) is 4.22. The maximum Gasteiger partial charge on any atom is 0.270 e. The highest BCUT2D eigenvalue weighted by molar-refractivity contribution is 5.82. The van der Waals surface area contributed by atoms with E-state index in [4.69, 9.17) is 0 Å². The van der Waals surface area contributed by atoms with Crippen LogP contribution in [0.2, 0.25) is 0 Å². The Morgan fingerprint density at radius 1 is 1.35 bits per heavy atom. The molecule has 2 aliphatic heterocycles. The first-order valence-electron chi connectivity index (χ1n) is 6.76. The molecular formula is C14H14N4O2. The van der Waals surface area contributed by atoms with Gasteiger partial charge in [-0.1, -0.05) is 0 Å². The third-order valence-corrected chi connectivity index (χ3v) is 4.22. The molecule has 4 rings (SSSR count). The van der Waals surface area contributed by atoms with E-state index in [1.807, 2.05) is 12.1 Å². The average molecular weight is 270 g/mol. The van der Waals surface area contributed by atoms with Crippen LogP contribution in [0.1, 0.15) is 6.42 Å². The second kappa shape index (κ2) is 4.14. The summed E-state index contributed by atoms with van der Waals surface area (Å²) in [5.41, 5.74) is 0.917. The number of aromatic nitrogens is 1. The summed E-state index contributed by atoms with van der Waals surface area (Å²) in [5.74, 6) is 0.973. The molecule has 0 amide bonds. The van der Waals surface area contributed by atoms with Crippen LogP contribution in [-0.2, 0) is 0 Å². The van der Waals surface area contributed by atoms with E-state index >= 15 is 0 Å². The highest BCUT2D eigenvalue weighted by atomic mass is 16.6. The van der Waals surface area contributed by atoms with E-state index in [1.54, 1.807) is 12.1 Å². The summed E-state index contributed by atoms with van der Waals surface area (Å²) in [6.07, 6.45) is 1.18. The normalized spacial score (nSPS) is 24.5. The molecule has 6 heteroatoms. The summed E-state index contributed by atoms with van der Waals surface area (Å²) in [7, 11) is 0.